The summed E-state index contributed by atoms with van der Waals surface area (Å²) in [5.41, 5.74) is 2.88. The summed E-state index contributed by atoms with van der Waals surface area (Å²) < 4.78 is 5.26. The highest BCUT2D eigenvalue weighted by molar-refractivity contribution is 5.73. The van der Waals surface area contributed by atoms with Crippen LogP contribution in [0.4, 0.5) is 10.6 Å². The molecule has 0 bridgehead atoms. The summed E-state index contributed by atoms with van der Waals surface area (Å²) >= 11 is 0. The number of hydrogen-bond donors (Lipinski definition) is 2. The van der Waals surface area contributed by atoms with Gasteiger partial charge in [0, 0.05) is 44.5 Å². The molecule has 1 aromatic rings. The first-order valence-electron chi connectivity index (χ1n) is 7.78. The molecule has 0 saturated carbocycles. The summed E-state index contributed by atoms with van der Waals surface area (Å²) in [6, 6.07) is 6.87. The number of rotatable bonds is 3. The van der Waals surface area contributed by atoms with Gasteiger partial charge in [0.2, 0.25) is 0 Å². The fourth-order valence-electron chi connectivity index (χ4n) is 2.79. The zero-order chi connectivity index (χ0) is 15.2. The monoisotopic (exact) mass is 304 g/mol. The summed E-state index contributed by atoms with van der Waals surface area (Å²) in [7, 11) is 0. The number of urea groups is 1. The lowest BCUT2D eigenvalue weighted by Gasteiger charge is -2.34. The molecule has 2 amide bonds. The number of amides is 2. The molecule has 0 spiro atoms. The molecule has 3 rings (SSSR count). The van der Waals surface area contributed by atoms with Crippen molar-refractivity contribution in [1.29, 1.82) is 0 Å². The van der Waals surface area contributed by atoms with E-state index in [1.54, 1.807) is 6.20 Å². The zero-order valence-corrected chi connectivity index (χ0v) is 12.6. The van der Waals surface area contributed by atoms with Crippen molar-refractivity contribution in [3.05, 3.63) is 24.4 Å². The standard InChI is InChI=1S/C15H22N5O2/c21-15(18-20-9-11-22-12-10-20)17-13-4-7-19(8-5-13)14-3-1-2-6-16-14/h1,3,6,13H,4-5,7-12H2,(H2,17,18,21). The molecule has 7 nitrogen and oxygen atoms in total. The maximum absolute atomic E-state index is 12.0. The van der Waals surface area contributed by atoms with Crippen LogP contribution in [0.15, 0.2) is 18.3 Å². The van der Waals surface area contributed by atoms with Gasteiger partial charge in [-0.3, -0.25) is 5.43 Å². The van der Waals surface area contributed by atoms with Crippen molar-refractivity contribution in [3.8, 4) is 0 Å². The second kappa shape index (κ2) is 7.42. The smallest absolute Gasteiger partial charge is 0.329 e. The highest BCUT2D eigenvalue weighted by atomic mass is 16.5. The van der Waals surface area contributed by atoms with Crippen LogP contribution in [0.25, 0.3) is 0 Å². The molecule has 119 valence electrons. The van der Waals surface area contributed by atoms with Crippen LogP contribution >= 0.6 is 0 Å². The van der Waals surface area contributed by atoms with Gasteiger partial charge >= 0.3 is 6.03 Å². The van der Waals surface area contributed by atoms with Crippen molar-refractivity contribution in [1.82, 2.24) is 20.7 Å². The minimum Gasteiger partial charge on any atom is -0.379 e. The maximum Gasteiger partial charge on any atom is 0.329 e. The first kappa shape index (κ1) is 15.1. The molecule has 0 unspecified atom stereocenters. The molecule has 2 N–H and O–H groups in total. The van der Waals surface area contributed by atoms with Gasteiger partial charge in [-0.05, 0) is 25.0 Å². The van der Waals surface area contributed by atoms with E-state index in [0.717, 1.165) is 44.8 Å². The van der Waals surface area contributed by atoms with Crippen LogP contribution in [0.2, 0.25) is 0 Å². The Morgan fingerprint density at radius 2 is 2.05 bits per heavy atom. The van der Waals surface area contributed by atoms with Gasteiger partial charge in [0.15, 0.2) is 0 Å². The summed E-state index contributed by atoms with van der Waals surface area (Å²) in [6.45, 7) is 4.62. The highest BCUT2D eigenvalue weighted by Crippen LogP contribution is 2.16. The molecule has 1 radical (unpaired) electrons. The van der Waals surface area contributed by atoms with Crippen LogP contribution in [0.3, 0.4) is 0 Å². The molecule has 3 heterocycles. The normalized spacial score (nSPS) is 20.6. The fraction of sp³-hybridized carbons (Fsp3) is 0.600. The van der Waals surface area contributed by atoms with Gasteiger partial charge in [-0.1, -0.05) is 0 Å². The molecule has 22 heavy (non-hydrogen) atoms. The van der Waals surface area contributed by atoms with Crippen LogP contribution < -0.4 is 15.6 Å². The number of nitrogens with one attached hydrogen (secondary N) is 2. The number of carbonyl (C=O) groups excluding carboxylic acids is 1. The number of pyridine rings is 1. The minimum absolute atomic E-state index is 0.118. The number of hydrogen-bond acceptors (Lipinski definition) is 5. The van der Waals surface area contributed by atoms with Gasteiger partial charge in [-0.15, -0.1) is 0 Å². The molecule has 2 aliphatic rings. The summed E-state index contributed by atoms with van der Waals surface area (Å²) in [5, 5.41) is 4.95. The molecule has 0 aromatic carbocycles. The van der Waals surface area contributed by atoms with Crippen molar-refractivity contribution >= 4 is 11.8 Å². The molecule has 0 atom stereocenters. The van der Waals surface area contributed by atoms with Crippen LogP contribution in [0.5, 0.6) is 0 Å². The zero-order valence-electron chi connectivity index (χ0n) is 12.6. The number of nitrogens with zero attached hydrogens (tertiary/aromatic N) is 3. The molecule has 2 saturated heterocycles. The Labute approximate surface area is 130 Å². The predicted molar refractivity (Wildman–Crippen MR) is 82.4 cm³/mol. The quantitative estimate of drug-likeness (QED) is 0.846. The van der Waals surface area contributed by atoms with Crippen LogP contribution in [0.1, 0.15) is 12.8 Å². The molecular weight excluding hydrogens is 282 g/mol. The van der Waals surface area contributed by atoms with Gasteiger partial charge in [0.25, 0.3) is 0 Å². The third-order valence-corrected chi connectivity index (χ3v) is 4.02. The summed E-state index contributed by atoms with van der Waals surface area (Å²) in [4.78, 5) is 18.6. The van der Waals surface area contributed by atoms with Crippen LogP contribution in [-0.4, -0.2) is 61.5 Å². The Hall–Kier alpha value is -1.86. The van der Waals surface area contributed by atoms with E-state index in [-0.39, 0.29) is 12.1 Å². The molecule has 2 fully saturated rings. The Balaban J connectivity index is 1.41. The maximum atomic E-state index is 12.0. The van der Waals surface area contributed by atoms with Gasteiger partial charge in [0.05, 0.1) is 13.2 Å². The second-order valence-electron chi connectivity index (χ2n) is 5.56. The van der Waals surface area contributed by atoms with Crippen molar-refractivity contribution < 1.29 is 9.53 Å². The van der Waals surface area contributed by atoms with Gasteiger partial charge < -0.3 is 15.0 Å². The van der Waals surface area contributed by atoms with E-state index in [0.29, 0.717) is 13.2 Å². The van der Waals surface area contributed by atoms with E-state index in [9.17, 15) is 4.79 Å². The largest absolute Gasteiger partial charge is 0.379 e. The lowest BCUT2D eigenvalue weighted by atomic mass is 10.1. The topological polar surface area (TPSA) is 69.7 Å². The lowest BCUT2D eigenvalue weighted by molar-refractivity contribution is 0.0192. The Morgan fingerprint density at radius 3 is 2.73 bits per heavy atom. The van der Waals surface area contributed by atoms with Crippen LogP contribution in [0, 0.1) is 6.07 Å². The van der Waals surface area contributed by atoms with Crippen molar-refractivity contribution in [3.63, 3.8) is 0 Å². The van der Waals surface area contributed by atoms with Gasteiger partial charge in [-0.2, -0.15) is 0 Å². The van der Waals surface area contributed by atoms with E-state index >= 15 is 0 Å². The number of aromatic nitrogens is 1. The Morgan fingerprint density at radius 1 is 1.27 bits per heavy atom. The van der Waals surface area contributed by atoms with E-state index in [1.165, 1.54) is 0 Å². The first-order valence-corrected chi connectivity index (χ1v) is 7.78. The van der Waals surface area contributed by atoms with E-state index in [2.05, 4.69) is 26.7 Å². The third kappa shape index (κ3) is 4.08. The van der Waals surface area contributed by atoms with E-state index in [4.69, 9.17) is 4.74 Å². The van der Waals surface area contributed by atoms with Gasteiger partial charge in [0.1, 0.15) is 5.82 Å². The molecule has 1 aromatic heterocycles. The highest BCUT2D eigenvalue weighted by Gasteiger charge is 2.22. The van der Waals surface area contributed by atoms with E-state index < -0.39 is 0 Å². The minimum atomic E-state index is -0.118. The second-order valence-corrected chi connectivity index (χ2v) is 5.56. The average molecular weight is 304 g/mol. The molecule has 7 heteroatoms. The Kier molecular flexibility index (Phi) is 5.07. The number of anilines is 1. The SMILES string of the molecule is O=C(NC1CCN(c2cc[c]cn2)CC1)NN1CCOCC1. The molecule has 2 aliphatic heterocycles. The van der Waals surface area contributed by atoms with Crippen molar-refractivity contribution in [2.24, 2.45) is 0 Å². The van der Waals surface area contributed by atoms with Crippen molar-refractivity contribution in [2.75, 3.05) is 44.3 Å². The number of ether oxygens (including phenoxy) is 1. The number of hydrazine groups is 1. The first-order chi connectivity index (χ1) is 10.8. The van der Waals surface area contributed by atoms with Gasteiger partial charge in [-0.25, -0.2) is 14.8 Å². The van der Waals surface area contributed by atoms with Crippen molar-refractivity contribution in [2.45, 2.75) is 18.9 Å². The molecular formula is C15H22N5O2. The Bertz CT molecular complexity index is 470. The predicted octanol–water partition coefficient (Wildman–Crippen LogP) is 0.397. The lowest BCUT2D eigenvalue weighted by Crippen LogP contribution is -2.55. The number of piperidine rings is 1. The number of morpholine rings is 1. The fourth-order valence-corrected chi connectivity index (χ4v) is 2.79. The summed E-state index contributed by atoms with van der Waals surface area (Å²) in [5.74, 6) is 0.981. The average Bonchev–Trinajstić information content (AvgIpc) is 2.57. The third-order valence-electron chi connectivity index (χ3n) is 4.02. The number of carbonyl (C=O) groups is 1. The molecule has 0 aliphatic carbocycles. The summed E-state index contributed by atoms with van der Waals surface area (Å²) in [6.07, 6.45) is 3.54. The van der Waals surface area contributed by atoms with Crippen LogP contribution in [-0.2, 0) is 4.74 Å². The van der Waals surface area contributed by atoms with E-state index in [1.807, 2.05) is 17.1 Å².